The molecule has 3 heteroatoms. The molecular weight excluding hydrogens is 202 g/mol. The highest BCUT2D eigenvalue weighted by atomic mass is 16.5. The van der Waals surface area contributed by atoms with Crippen LogP contribution in [0.4, 0.5) is 0 Å². The molecule has 0 atom stereocenters. The van der Waals surface area contributed by atoms with Crippen molar-refractivity contribution in [3.8, 4) is 0 Å². The molecule has 0 saturated heterocycles. The van der Waals surface area contributed by atoms with Gasteiger partial charge in [-0.15, -0.1) is 0 Å². The zero-order chi connectivity index (χ0) is 12.1. The second-order valence-electron chi connectivity index (χ2n) is 4.26. The van der Waals surface area contributed by atoms with Crippen molar-refractivity contribution in [2.75, 3.05) is 14.1 Å². The molecule has 0 spiro atoms. The number of benzene rings is 1. The third kappa shape index (κ3) is 3.66. The monoisotopic (exact) mass is 221 g/mol. The van der Waals surface area contributed by atoms with Gasteiger partial charge in [0.2, 0.25) is 0 Å². The molecular formula is C13H19NO2. The van der Waals surface area contributed by atoms with Crippen molar-refractivity contribution in [3.63, 3.8) is 0 Å². The van der Waals surface area contributed by atoms with Crippen molar-refractivity contribution < 1.29 is 9.53 Å². The molecule has 0 bridgehead atoms. The lowest BCUT2D eigenvalue weighted by molar-refractivity contribution is 0.0656. The number of ether oxygens (including phenoxy) is 1. The number of rotatable bonds is 4. The Hall–Kier alpha value is -1.35. The minimum atomic E-state index is 0.0244. The molecule has 16 heavy (non-hydrogen) atoms. The molecule has 0 aliphatic rings. The van der Waals surface area contributed by atoms with Gasteiger partial charge in [-0.2, -0.15) is 0 Å². The molecule has 1 aromatic carbocycles. The smallest absolute Gasteiger partial charge is 0.253 e. The van der Waals surface area contributed by atoms with Gasteiger partial charge in [-0.1, -0.05) is 12.1 Å². The number of carbonyl (C=O) groups excluding carboxylic acids is 1. The Labute approximate surface area is 97.0 Å². The predicted octanol–water partition coefficient (Wildman–Crippen LogP) is 2.31. The maximum Gasteiger partial charge on any atom is 0.253 e. The van der Waals surface area contributed by atoms with Crippen LogP contribution >= 0.6 is 0 Å². The van der Waals surface area contributed by atoms with E-state index in [1.54, 1.807) is 19.0 Å². The normalized spacial score (nSPS) is 10.6. The molecule has 0 aromatic heterocycles. The van der Waals surface area contributed by atoms with Gasteiger partial charge >= 0.3 is 0 Å². The number of amides is 1. The highest BCUT2D eigenvalue weighted by Gasteiger charge is 2.07. The molecule has 0 radical (unpaired) electrons. The molecule has 1 rings (SSSR count). The summed E-state index contributed by atoms with van der Waals surface area (Å²) in [5.41, 5.74) is 1.79. The minimum Gasteiger partial charge on any atom is -0.374 e. The second kappa shape index (κ2) is 5.66. The van der Waals surface area contributed by atoms with E-state index in [1.165, 1.54) is 0 Å². The first kappa shape index (κ1) is 12.7. The van der Waals surface area contributed by atoms with Gasteiger partial charge in [-0.3, -0.25) is 4.79 Å². The van der Waals surface area contributed by atoms with E-state index in [4.69, 9.17) is 4.74 Å². The van der Waals surface area contributed by atoms with E-state index in [9.17, 15) is 4.79 Å². The highest BCUT2D eigenvalue weighted by molar-refractivity contribution is 5.93. The van der Waals surface area contributed by atoms with Crippen LogP contribution in [0.5, 0.6) is 0 Å². The van der Waals surface area contributed by atoms with Crippen LogP contribution in [0.25, 0.3) is 0 Å². The molecule has 0 unspecified atom stereocenters. The van der Waals surface area contributed by atoms with Crippen LogP contribution in [0.1, 0.15) is 29.8 Å². The molecule has 0 N–H and O–H groups in total. The Bertz CT molecular complexity index is 341. The summed E-state index contributed by atoms with van der Waals surface area (Å²) in [5, 5.41) is 0. The average Bonchev–Trinajstić information content (AvgIpc) is 2.26. The number of hydrogen-bond acceptors (Lipinski definition) is 2. The van der Waals surface area contributed by atoms with Gasteiger partial charge in [-0.25, -0.2) is 0 Å². The summed E-state index contributed by atoms with van der Waals surface area (Å²) >= 11 is 0. The molecule has 1 aromatic rings. The molecule has 1 amide bonds. The Morgan fingerprint density at radius 1 is 1.25 bits per heavy atom. The first-order chi connectivity index (χ1) is 7.50. The quantitative estimate of drug-likeness (QED) is 0.781. The lowest BCUT2D eigenvalue weighted by Gasteiger charge is -2.11. The fraction of sp³-hybridized carbons (Fsp3) is 0.462. The van der Waals surface area contributed by atoms with E-state index in [1.807, 2.05) is 38.1 Å². The van der Waals surface area contributed by atoms with Crippen LogP contribution < -0.4 is 0 Å². The highest BCUT2D eigenvalue weighted by Crippen LogP contribution is 2.08. The minimum absolute atomic E-state index is 0.0244. The Morgan fingerprint density at radius 2 is 1.81 bits per heavy atom. The van der Waals surface area contributed by atoms with E-state index < -0.39 is 0 Å². The van der Waals surface area contributed by atoms with Crippen molar-refractivity contribution in [2.24, 2.45) is 0 Å². The summed E-state index contributed by atoms with van der Waals surface area (Å²) in [7, 11) is 3.50. The second-order valence-corrected chi connectivity index (χ2v) is 4.26. The molecule has 88 valence electrons. The average molecular weight is 221 g/mol. The van der Waals surface area contributed by atoms with E-state index in [0.717, 1.165) is 5.56 Å². The number of carbonyl (C=O) groups is 1. The molecule has 3 nitrogen and oxygen atoms in total. The lowest BCUT2D eigenvalue weighted by atomic mass is 10.1. The van der Waals surface area contributed by atoms with Gasteiger partial charge in [0.1, 0.15) is 0 Å². The Balaban J connectivity index is 2.64. The van der Waals surface area contributed by atoms with E-state index in [-0.39, 0.29) is 12.0 Å². The predicted molar refractivity (Wildman–Crippen MR) is 64.4 cm³/mol. The maximum atomic E-state index is 11.6. The van der Waals surface area contributed by atoms with Gasteiger partial charge < -0.3 is 9.64 Å². The van der Waals surface area contributed by atoms with Crippen LogP contribution in [-0.2, 0) is 11.3 Å². The van der Waals surface area contributed by atoms with Gasteiger partial charge in [0.25, 0.3) is 5.91 Å². The fourth-order valence-corrected chi connectivity index (χ4v) is 1.26. The molecule has 0 heterocycles. The topological polar surface area (TPSA) is 29.5 Å². The third-order valence-electron chi connectivity index (χ3n) is 2.19. The molecule has 0 saturated carbocycles. The van der Waals surface area contributed by atoms with Crippen LogP contribution in [0.15, 0.2) is 24.3 Å². The van der Waals surface area contributed by atoms with Crippen molar-refractivity contribution in [2.45, 2.75) is 26.6 Å². The maximum absolute atomic E-state index is 11.6. The van der Waals surface area contributed by atoms with Crippen LogP contribution in [0.2, 0.25) is 0 Å². The number of hydrogen-bond donors (Lipinski definition) is 0. The van der Waals surface area contributed by atoms with Crippen LogP contribution in [0, 0.1) is 0 Å². The van der Waals surface area contributed by atoms with E-state index >= 15 is 0 Å². The Kier molecular flexibility index (Phi) is 4.50. The zero-order valence-corrected chi connectivity index (χ0v) is 10.4. The van der Waals surface area contributed by atoms with Crippen LogP contribution in [0.3, 0.4) is 0 Å². The van der Waals surface area contributed by atoms with Gasteiger partial charge in [0, 0.05) is 19.7 Å². The molecule has 0 fully saturated rings. The summed E-state index contributed by atoms with van der Waals surface area (Å²) in [6.07, 6.45) is 0.225. The van der Waals surface area contributed by atoms with E-state index in [0.29, 0.717) is 12.2 Å². The molecule has 0 aliphatic carbocycles. The van der Waals surface area contributed by atoms with Crippen molar-refractivity contribution in [1.82, 2.24) is 4.90 Å². The van der Waals surface area contributed by atoms with Crippen LogP contribution in [-0.4, -0.2) is 31.0 Å². The summed E-state index contributed by atoms with van der Waals surface area (Å²) in [6.45, 7) is 4.60. The largest absolute Gasteiger partial charge is 0.374 e. The lowest BCUT2D eigenvalue weighted by Crippen LogP contribution is -2.21. The summed E-state index contributed by atoms with van der Waals surface area (Å²) in [5.74, 6) is 0.0244. The first-order valence-electron chi connectivity index (χ1n) is 5.43. The van der Waals surface area contributed by atoms with Crippen molar-refractivity contribution >= 4 is 5.91 Å². The summed E-state index contributed by atoms with van der Waals surface area (Å²) in [6, 6.07) is 7.53. The fourth-order valence-electron chi connectivity index (χ4n) is 1.26. The summed E-state index contributed by atoms with van der Waals surface area (Å²) < 4.78 is 5.48. The SMILES string of the molecule is CC(C)OCc1ccc(C(=O)N(C)C)cc1. The summed E-state index contributed by atoms with van der Waals surface area (Å²) in [4.78, 5) is 13.2. The standard InChI is InChI=1S/C13H19NO2/c1-10(2)16-9-11-5-7-12(8-6-11)13(15)14(3)4/h5-8,10H,9H2,1-4H3. The van der Waals surface area contributed by atoms with Crippen molar-refractivity contribution in [3.05, 3.63) is 35.4 Å². The first-order valence-corrected chi connectivity index (χ1v) is 5.43. The van der Waals surface area contributed by atoms with Gasteiger partial charge in [0.05, 0.1) is 12.7 Å². The van der Waals surface area contributed by atoms with Gasteiger partial charge in [-0.05, 0) is 31.5 Å². The van der Waals surface area contributed by atoms with Gasteiger partial charge in [0.15, 0.2) is 0 Å². The van der Waals surface area contributed by atoms with E-state index in [2.05, 4.69) is 0 Å². The zero-order valence-electron chi connectivity index (χ0n) is 10.4. The molecule has 0 aliphatic heterocycles. The third-order valence-corrected chi connectivity index (χ3v) is 2.19. The van der Waals surface area contributed by atoms with Crippen molar-refractivity contribution in [1.29, 1.82) is 0 Å². The number of nitrogens with zero attached hydrogens (tertiary/aromatic N) is 1. The Morgan fingerprint density at radius 3 is 2.25 bits per heavy atom.